The van der Waals surface area contributed by atoms with Crippen LogP contribution in [0.1, 0.15) is 21.5 Å². The van der Waals surface area contributed by atoms with Crippen LogP contribution in [0, 0.1) is 11.6 Å². The molecule has 1 aliphatic rings. The van der Waals surface area contributed by atoms with Crippen LogP contribution in [0.2, 0.25) is 0 Å². The Morgan fingerprint density at radius 2 is 1.92 bits per heavy atom. The number of anilines is 1. The first-order valence-electron chi connectivity index (χ1n) is 7.69. The van der Waals surface area contributed by atoms with Gasteiger partial charge in [-0.25, -0.2) is 13.6 Å². The van der Waals surface area contributed by atoms with Gasteiger partial charge in [0.15, 0.2) is 0 Å². The van der Waals surface area contributed by atoms with Gasteiger partial charge < -0.3 is 15.0 Å². The number of hydrogen-bond acceptors (Lipinski definition) is 3. The van der Waals surface area contributed by atoms with E-state index in [2.05, 4.69) is 5.32 Å². The third-order valence-electron chi connectivity index (χ3n) is 4.08. The Labute approximate surface area is 143 Å². The van der Waals surface area contributed by atoms with Crippen LogP contribution in [0.25, 0.3) is 0 Å². The molecule has 1 N–H and O–H groups in total. The zero-order valence-electron chi connectivity index (χ0n) is 13.5. The van der Waals surface area contributed by atoms with Crippen molar-refractivity contribution in [1.29, 1.82) is 0 Å². The van der Waals surface area contributed by atoms with E-state index in [0.29, 0.717) is 31.3 Å². The fourth-order valence-corrected chi connectivity index (χ4v) is 2.79. The molecule has 0 bridgehead atoms. The zero-order valence-corrected chi connectivity index (χ0v) is 13.5. The molecular weight excluding hydrogens is 330 g/mol. The van der Waals surface area contributed by atoms with E-state index in [4.69, 9.17) is 4.74 Å². The number of fused-ring (bicyclic) bond motifs is 1. The van der Waals surface area contributed by atoms with Crippen molar-refractivity contribution in [2.75, 3.05) is 19.0 Å². The second kappa shape index (κ2) is 6.88. The normalized spacial score (nSPS) is 13.2. The molecular formula is C18H16F2N2O3. The quantitative estimate of drug-likeness (QED) is 0.907. The Morgan fingerprint density at radius 3 is 2.64 bits per heavy atom. The number of ether oxygens (including phenoxy) is 1. The van der Waals surface area contributed by atoms with Gasteiger partial charge in [-0.2, -0.15) is 0 Å². The van der Waals surface area contributed by atoms with E-state index < -0.39 is 23.6 Å². The van der Waals surface area contributed by atoms with Crippen molar-refractivity contribution in [3.63, 3.8) is 0 Å². The number of methoxy groups -OCH3 is 1. The summed E-state index contributed by atoms with van der Waals surface area (Å²) in [6, 6.07) is 8.10. The molecule has 2 aromatic rings. The molecule has 2 aromatic carbocycles. The van der Waals surface area contributed by atoms with E-state index in [1.807, 2.05) is 6.07 Å². The summed E-state index contributed by atoms with van der Waals surface area (Å²) in [6.07, 6.45) is 0.277. The molecule has 2 amide bonds. The molecule has 1 heterocycles. The maximum Gasteiger partial charge on any atom is 0.409 e. The van der Waals surface area contributed by atoms with Gasteiger partial charge in [0.05, 0.1) is 12.7 Å². The Hall–Kier alpha value is -2.96. The number of halogens is 2. The lowest BCUT2D eigenvalue weighted by Crippen LogP contribution is -2.35. The number of amides is 2. The molecule has 0 aromatic heterocycles. The van der Waals surface area contributed by atoms with Crippen LogP contribution in [0.5, 0.6) is 0 Å². The molecule has 1 aliphatic heterocycles. The first-order valence-corrected chi connectivity index (χ1v) is 7.69. The number of nitrogens with one attached hydrogen (secondary N) is 1. The van der Waals surface area contributed by atoms with Crippen molar-refractivity contribution in [2.24, 2.45) is 0 Å². The average molecular weight is 346 g/mol. The van der Waals surface area contributed by atoms with Gasteiger partial charge in [-0.1, -0.05) is 6.07 Å². The molecule has 3 rings (SSSR count). The number of hydrogen-bond donors (Lipinski definition) is 1. The van der Waals surface area contributed by atoms with Gasteiger partial charge in [0, 0.05) is 24.8 Å². The lowest BCUT2D eigenvalue weighted by atomic mass is 9.99. The topological polar surface area (TPSA) is 58.6 Å². The van der Waals surface area contributed by atoms with Crippen LogP contribution in [0.15, 0.2) is 36.4 Å². The Morgan fingerprint density at radius 1 is 1.12 bits per heavy atom. The summed E-state index contributed by atoms with van der Waals surface area (Å²) in [5, 5.41) is 2.59. The summed E-state index contributed by atoms with van der Waals surface area (Å²) in [5.41, 5.74) is 2.19. The molecule has 5 nitrogen and oxygen atoms in total. The lowest BCUT2D eigenvalue weighted by molar-refractivity contribution is 0.102. The van der Waals surface area contributed by atoms with Crippen molar-refractivity contribution < 1.29 is 23.1 Å². The Kier molecular flexibility index (Phi) is 4.65. The minimum Gasteiger partial charge on any atom is -0.453 e. The van der Waals surface area contributed by atoms with Crippen molar-refractivity contribution in [2.45, 2.75) is 13.0 Å². The fourth-order valence-electron chi connectivity index (χ4n) is 2.79. The van der Waals surface area contributed by atoms with E-state index in [0.717, 1.165) is 23.3 Å². The van der Waals surface area contributed by atoms with Gasteiger partial charge in [0.25, 0.3) is 5.91 Å². The van der Waals surface area contributed by atoms with Gasteiger partial charge >= 0.3 is 6.09 Å². The van der Waals surface area contributed by atoms with Crippen LogP contribution in [-0.4, -0.2) is 30.6 Å². The number of benzene rings is 2. The molecule has 0 atom stereocenters. The maximum atomic E-state index is 13.7. The average Bonchev–Trinajstić information content (AvgIpc) is 2.60. The van der Waals surface area contributed by atoms with Crippen molar-refractivity contribution in [3.05, 3.63) is 64.7 Å². The van der Waals surface area contributed by atoms with E-state index in [1.165, 1.54) is 7.11 Å². The third-order valence-corrected chi connectivity index (χ3v) is 4.08. The standard InChI is InChI=1S/C18H16F2N2O3/c1-25-18(24)22-7-6-11-2-4-14(8-12(11)10-22)21-17(23)15-5-3-13(19)9-16(15)20/h2-5,8-9H,6-7,10H2,1H3,(H,21,23). The second-order valence-corrected chi connectivity index (χ2v) is 5.70. The smallest absolute Gasteiger partial charge is 0.409 e. The van der Waals surface area contributed by atoms with E-state index >= 15 is 0 Å². The summed E-state index contributed by atoms with van der Waals surface area (Å²) in [5.74, 6) is -2.34. The first kappa shape index (κ1) is 16.9. The van der Waals surface area contributed by atoms with Gasteiger partial charge in [-0.15, -0.1) is 0 Å². The Balaban J connectivity index is 1.78. The van der Waals surface area contributed by atoms with E-state index in [-0.39, 0.29) is 5.56 Å². The predicted octanol–water partition coefficient (Wildman–Crippen LogP) is 3.34. The first-order chi connectivity index (χ1) is 12.0. The van der Waals surface area contributed by atoms with Gasteiger partial charge in [0.2, 0.25) is 0 Å². The molecule has 130 valence electrons. The van der Waals surface area contributed by atoms with Crippen LogP contribution in [0.4, 0.5) is 19.3 Å². The van der Waals surface area contributed by atoms with Crippen molar-refractivity contribution >= 4 is 17.7 Å². The summed E-state index contributed by atoms with van der Waals surface area (Å²) < 4.78 is 31.4. The Bertz CT molecular complexity index is 839. The molecule has 25 heavy (non-hydrogen) atoms. The highest BCUT2D eigenvalue weighted by molar-refractivity contribution is 6.04. The van der Waals surface area contributed by atoms with Crippen LogP contribution >= 0.6 is 0 Å². The lowest BCUT2D eigenvalue weighted by Gasteiger charge is -2.28. The van der Waals surface area contributed by atoms with Gasteiger partial charge in [-0.3, -0.25) is 4.79 Å². The molecule has 0 spiro atoms. The molecule has 0 fully saturated rings. The minimum atomic E-state index is -0.924. The van der Waals surface area contributed by atoms with Crippen LogP contribution < -0.4 is 5.32 Å². The predicted molar refractivity (Wildman–Crippen MR) is 87.3 cm³/mol. The molecule has 0 saturated heterocycles. The maximum absolute atomic E-state index is 13.7. The number of carbonyl (C=O) groups excluding carboxylic acids is 2. The fraction of sp³-hybridized carbons (Fsp3) is 0.222. The van der Waals surface area contributed by atoms with Crippen molar-refractivity contribution in [1.82, 2.24) is 4.90 Å². The third kappa shape index (κ3) is 3.60. The zero-order chi connectivity index (χ0) is 18.0. The highest BCUT2D eigenvalue weighted by Gasteiger charge is 2.21. The highest BCUT2D eigenvalue weighted by Crippen LogP contribution is 2.23. The highest BCUT2D eigenvalue weighted by atomic mass is 19.1. The molecule has 0 unspecified atom stereocenters. The number of carbonyl (C=O) groups is 2. The minimum absolute atomic E-state index is 0.240. The SMILES string of the molecule is COC(=O)N1CCc2ccc(NC(=O)c3ccc(F)cc3F)cc2C1. The van der Waals surface area contributed by atoms with Crippen LogP contribution in [-0.2, 0) is 17.7 Å². The van der Waals surface area contributed by atoms with Gasteiger partial charge in [-0.05, 0) is 41.8 Å². The summed E-state index contributed by atoms with van der Waals surface area (Å²) in [6.45, 7) is 0.933. The van der Waals surface area contributed by atoms with Crippen LogP contribution in [0.3, 0.4) is 0 Å². The molecule has 0 aliphatic carbocycles. The number of nitrogens with zero attached hydrogens (tertiary/aromatic N) is 1. The number of rotatable bonds is 2. The summed E-state index contributed by atoms with van der Waals surface area (Å²) in [4.78, 5) is 25.4. The largest absolute Gasteiger partial charge is 0.453 e. The van der Waals surface area contributed by atoms with Gasteiger partial charge in [0.1, 0.15) is 11.6 Å². The molecule has 7 heteroatoms. The van der Waals surface area contributed by atoms with E-state index in [9.17, 15) is 18.4 Å². The summed E-state index contributed by atoms with van der Waals surface area (Å²) in [7, 11) is 1.33. The molecule has 0 saturated carbocycles. The summed E-state index contributed by atoms with van der Waals surface area (Å²) >= 11 is 0. The second-order valence-electron chi connectivity index (χ2n) is 5.70. The monoisotopic (exact) mass is 346 g/mol. The van der Waals surface area contributed by atoms with Crippen molar-refractivity contribution in [3.8, 4) is 0 Å². The van der Waals surface area contributed by atoms with E-state index in [1.54, 1.807) is 17.0 Å². The molecule has 0 radical (unpaired) electrons.